The Hall–Kier alpha value is -0.850. The molecule has 288 valence electrons. The molecular formula is C38H76O10. The van der Waals surface area contributed by atoms with Crippen LogP contribution in [0.2, 0.25) is 0 Å². The van der Waals surface area contributed by atoms with Crippen LogP contribution >= 0.6 is 0 Å². The van der Waals surface area contributed by atoms with Crippen LogP contribution in [0.1, 0.15) is 129 Å². The highest BCUT2D eigenvalue weighted by atomic mass is 16.6. The van der Waals surface area contributed by atoms with Crippen LogP contribution in [0.3, 0.4) is 0 Å². The topological polar surface area (TPSA) is 100 Å². The maximum atomic E-state index is 11.6. The SMILES string of the molecule is CCCCCCCCCCCCCCCOCCOCCOCCOCCOCCOCCOCCOCCOC(=O)CCCCCC. The van der Waals surface area contributed by atoms with Crippen LogP contribution in [0.4, 0.5) is 0 Å². The van der Waals surface area contributed by atoms with Crippen molar-refractivity contribution in [2.24, 2.45) is 0 Å². The lowest BCUT2D eigenvalue weighted by Gasteiger charge is -2.09. The molecule has 0 spiro atoms. The van der Waals surface area contributed by atoms with E-state index in [4.69, 9.17) is 42.6 Å². The lowest BCUT2D eigenvalue weighted by Crippen LogP contribution is -2.15. The first-order chi connectivity index (χ1) is 23.8. The van der Waals surface area contributed by atoms with Crippen LogP contribution in [-0.4, -0.2) is 118 Å². The second kappa shape index (κ2) is 44.2. The molecule has 48 heavy (non-hydrogen) atoms. The summed E-state index contributed by atoms with van der Waals surface area (Å²) in [7, 11) is 0. The van der Waals surface area contributed by atoms with E-state index in [0.29, 0.717) is 112 Å². The lowest BCUT2D eigenvalue weighted by atomic mass is 10.0. The van der Waals surface area contributed by atoms with E-state index in [0.717, 1.165) is 38.7 Å². The first-order valence-corrected chi connectivity index (χ1v) is 19.6. The van der Waals surface area contributed by atoms with Crippen molar-refractivity contribution >= 4 is 5.97 Å². The smallest absolute Gasteiger partial charge is 0.305 e. The average Bonchev–Trinajstić information content (AvgIpc) is 3.09. The minimum atomic E-state index is -0.145. The quantitative estimate of drug-likeness (QED) is 0.0466. The Bertz CT molecular complexity index is 596. The summed E-state index contributed by atoms with van der Waals surface area (Å²) in [5.74, 6) is -0.145. The number of esters is 1. The van der Waals surface area contributed by atoms with E-state index in [-0.39, 0.29) is 5.97 Å². The Labute approximate surface area is 294 Å². The van der Waals surface area contributed by atoms with E-state index >= 15 is 0 Å². The third-order valence-electron chi connectivity index (χ3n) is 7.72. The molecule has 0 aliphatic rings. The van der Waals surface area contributed by atoms with Gasteiger partial charge in [-0.15, -0.1) is 0 Å². The molecular weight excluding hydrogens is 616 g/mol. The summed E-state index contributed by atoms with van der Waals surface area (Å²) in [5.41, 5.74) is 0. The number of hydrogen-bond donors (Lipinski definition) is 0. The summed E-state index contributed by atoms with van der Waals surface area (Å²) in [6.45, 7) is 13.4. The van der Waals surface area contributed by atoms with Crippen molar-refractivity contribution in [2.75, 3.05) is 112 Å². The Balaban J connectivity index is 3.07. The van der Waals surface area contributed by atoms with Crippen LogP contribution < -0.4 is 0 Å². The van der Waals surface area contributed by atoms with Crippen LogP contribution in [0.25, 0.3) is 0 Å². The monoisotopic (exact) mass is 693 g/mol. The molecule has 0 aromatic carbocycles. The van der Waals surface area contributed by atoms with Crippen LogP contribution in [0.5, 0.6) is 0 Å². The van der Waals surface area contributed by atoms with Gasteiger partial charge in [-0.2, -0.15) is 0 Å². The number of carbonyl (C=O) groups excluding carboxylic acids is 1. The van der Waals surface area contributed by atoms with Gasteiger partial charge in [-0.05, 0) is 12.8 Å². The molecule has 0 fully saturated rings. The van der Waals surface area contributed by atoms with Gasteiger partial charge < -0.3 is 42.6 Å². The van der Waals surface area contributed by atoms with Gasteiger partial charge in [0, 0.05) is 13.0 Å². The molecule has 0 saturated carbocycles. The van der Waals surface area contributed by atoms with Gasteiger partial charge in [0.15, 0.2) is 0 Å². The first-order valence-electron chi connectivity index (χ1n) is 19.6. The van der Waals surface area contributed by atoms with Crippen molar-refractivity contribution in [3.63, 3.8) is 0 Å². The maximum Gasteiger partial charge on any atom is 0.305 e. The number of ether oxygens (including phenoxy) is 9. The van der Waals surface area contributed by atoms with Crippen molar-refractivity contribution in [3.05, 3.63) is 0 Å². The van der Waals surface area contributed by atoms with Crippen molar-refractivity contribution in [1.29, 1.82) is 0 Å². The Kier molecular flexibility index (Phi) is 43.4. The third kappa shape index (κ3) is 43.2. The highest BCUT2D eigenvalue weighted by Gasteiger charge is 2.02. The zero-order valence-corrected chi connectivity index (χ0v) is 31.3. The molecule has 0 bridgehead atoms. The molecule has 0 radical (unpaired) electrons. The minimum absolute atomic E-state index is 0.145. The highest BCUT2D eigenvalue weighted by Crippen LogP contribution is 2.12. The van der Waals surface area contributed by atoms with Gasteiger partial charge in [-0.3, -0.25) is 4.79 Å². The van der Waals surface area contributed by atoms with E-state index in [1.54, 1.807) is 0 Å². The Morgan fingerprint density at radius 1 is 0.292 bits per heavy atom. The van der Waals surface area contributed by atoms with Crippen LogP contribution in [0.15, 0.2) is 0 Å². The number of unbranched alkanes of at least 4 members (excludes halogenated alkanes) is 15. The summed E-state index contributed by atoms with van der Waals surface area (Å²) in [6, 6.07) is 0. The molecule has 10 heteroatoms. The number of rotatable bonds is 43. The summed E-state index contributed by atoms with van der Waals surface area (Å²) < 4.78 is 49.3. The van der Waals surface area contributed by atoms with Gasteiger partial charge in [0.05, 0.1) is 99.1 Å². The van der Waals surface area contributed by atoms with E-state index in [1.165, 1.54) is 77.0 Å². The normalized spacial score (nSPS) is 11.5. The Morgan fingerprint density at radius 2 is 0.542 bits per heavy atom. The molecule has 0 unspecified atom stereocenters. The van der Waals surface area contributed by atoms with E-state index < -0.39 is 0 Å². The molecule has 0 saturated heterocycles. The molecule has 0 amide bonds. The van der Waals surface area contributed by atoms with Gasteiger partial charge in [0.1, 0.15) is 6.61 Å². The van der Waals surface area contributed by atoms with Crippen LogP contribution in [-0.2, 0) is 47.4 Å². The molecule has 10 nitrogen and oxygen atoms in total. The van der Waals surface area contributed by atoms with Crippen molar-refractivity contribution < 1.29 is 47.4 Å². The van der Waals surface area contributed by atoms with Gasteiger partial charge in [0.25, 0.3) is 0 Å². The fraction of sp³-hybridized carbons (Fsp3) is 0.974. The highest BCUT2D eigenvalue weighted by molar-refractivity contribution is 5.69. The zero-order valence-electron chi connectivity index (χ0n) is 31.3. The molecule has 0 aromatic heterocycles. The summed E-state index contributed by atoms with van der Waals surface area (Å²) in [4.78, 5) is 11.6. The number of carbonyl (C=O) groups is 1. The van der Waals surface area contributed by atoms with E-state index in [9.17, 15) is 4.79 Å². The van der Waals surface area contributed by atoms with Gasteiger partial charge in [-0.1, -0.05) is 110 Å². The molecule has 0 atom stereocenters. The standard InChI is InChI=1S/C38H76O10/c1-3-5-7-9-10-11-12-13-14-15-16-17-19-21-40-22-23-41-24-25-42-26-27-43-28-29-44-30-31-45-32-33-46-34-35-47-36-37-48-38(39)20-18-8-6-4-2/h3-37H2,1-2H3. The molecule has 0 aliphatic carbocycles. The molecule has 0 aromatic rings. The van der Waals surface area contributed by atoms with Crippen LogP contribution in [0, 0.1) is 0 Å². The predicted molar refractivity (Wildman–Crippen MR) is 192 cm³/mol. The second-order valence-corrected chi connectivity index (χ2v) is 12.2. The van der Waals surface area contributed by atoms with Gasteiger partial charge >= 0.3 is 5.97 Å². The Morgan fingerprint density at radius 3 is 0.875 bits per heavy atom. The summed E-state index contributed by atoms with van der Waals surface area (Å²) in [6.07, 6.45) is 22.6. The number of hydrogen-bond acceptors (Lipinski definition) is 10. The summed E-state index contributed by atoms with van der Waals surface area (Å²) >= 11 is 0. The predicted octanol–water partition coefficient (Wildman–Crippen LogP) is 7.72. The lowest BCUT2D eigenvalue weighted by molar-refractivity contribution is -0.145. The van der Waals surface area contributed by atoms with Gasteiger partial charge in [-0.25, -0.2) is 0 Å². The molecule has 0 rings (SSSR count). The maximum absolute atomic E-state index is 11.6. The zero-order chi connectivity index (χ0) is 34.7. The molecule has 0 N–H and O–H groups in total. The van der Waals surface area contributed by atoms with E-state index in [2.05, 4.69) is 13.8 Å². The fourth-order valence-electron chi connectivity index (χ4n) is 4.85. The van der Waals surface area contributed by atoms with E-state index in [1.807, 2.05) is 0 Å². The first kappa shape index (κ1) is 47.1. The molecule has 0 aliphatic heterocycles. The van der Waals surface area contributed by atoms with Crippen molar-refractivity contribution in [3.8, 4) is 0 Å². The van der Waals surface area contributed by atoms with Crippen molar-refractivity contribution in [1.82, 2.24) is 0 Å². The largest absolute Gasteiger partial charge is 0.463 e. The molecule has 0 heterocycles. The van der Waals surface area contributed by atoms with Gasteiger partial charge in [0.2, 0.25) is 0 Å². The third-order valence-corrected chi connectivity index (χ3v) is 7.72. The second-order valence-electron chi connectivity index (χ2n) is 12.2. The summed E-state index contributed by atoms with van der Waals surface area (Å²) in [5, 5.41) is 0. The average molecular weight is 693 g/mol. The minimum Gasteiger partial charge on any atom is -0.463 e. The fourth-order valence-corrected chi connectivity index (χ4v) is 4.85. The van der Waals surface area contributed by atoms with Crippen molar-refractivity contribution in [2.45, 2.75) is 129 Å².